The molecule has 0 bridgehead atoms. The Labute approximate surface area is 115 Å². The molecule has 2 rings (SSSR count). The molecule has 8 heteroatoms. The zero-order chi connectivity index (χ0) is 15.3. The Morgan fingerprint density at radius 3 is 2.20 bits per heavy atom. The Hall–Kier alpha value is -1.67. The number of hydrogen-bond donors (Lipinski definition) is 1. The molecule has 1 aromatic rings. The Kier molecular flexibility index (Phi) is 3.26. The number of aromatic hydroxyl groups is 1. The van der Waals surface area contributed by atoms with E-state index in [-0.39, 0.29) is 5.46 Å². The fourth-order valence-electron chi connectivity index (χ4n) is 1.89. The molecule has 1 aliphatic rings. The standard InChI is InChI=1S/C12H15BFNO5/c1-11(2)12(3,4)20-13(19-11)8-5-7(14)6-9(10(8)16)15(17)18/h5-6,16H,1-4H3. The summed E-state index contributed by atoms with van der Waals surface area (Å²) in [5.41, 5.74) is -2.18. The van der Waals surface area contributed by atoms with Crippen LogP contribution in [0.15, 0.2) is 12.1 Å². The first kappa shape index (κ1) is 14.7. The van der Waals surface area contributed by atoms with Crippen LogP contribution in [0.4, 0.5) is 10.1 Å². The third-order valence-electron chi connectivity index (χ3n) is 3.79. The zero-order valence-electron chi connectivity index (χ0n) is 11.6. The van der Waals surface area contributed by atoms with Gasteiger partial charge < -0.3 is 14.4 Å². The maximum atomic E-state index is 13.5. The summed E-state index contributed by atoms with van der Waals surface area (Å²) >= 11 is 0. The van der Waals surface area contributed by atoms with Gasteiger partial charge in [0.05, 0.1) is 22.2 Å². The highest BCUT2D eigenvalue weighted by atomic mass is 19.1. The Morgan fingerprint density at radius 1 is 1.25 bits per heavy atom. The molecule has 0 saturated carbocycles. The lowest BCUT2D eigenvalue weighted by Crippen LogP contribution is -2.41. The number of nitro groups is 1. The van der Waals surface area contributed by atoms with Crippen molar-refractivity contribution in [1.29, 1.82) is 0 Å². The number of nitrogens with zero attached hydrogens (tertiary/aromatic N) is 1. The van der Waals surface area contributed by atoms with Gasteiger partial charge in [0, 0.05) is 5.46 Å². The number of phenols is 1. The monoisotopic (exact) mass is 283 g/mol. The molecule has 1 aromatic carbocycles. The van der Waals surface area contributed by atoms with Crippen molar-refractivity contribution in [3.63, 3.8) is 0 Å². The van der Waals surface area contributed by atoms with Crippen LogP contribution >= 0.6 is 0 Å². The lowest BCUT2D eigenvalue weighted by atomic mass is 9.78. The van der Waals surface area contributed by atoms with Crippen LogP contribution in [0.25, 0.3) is 0 Å². The van der Waals surface area contributed by atoms with Crippen molar-refractivity contribution in [2.45, 2.75) is 38.9 Å². The minimum atomic E-state index is -1.06. The maximum absolute atomic E-state index is 13.5. The predicted octanol–water partition coefficient (Wildman–Crippen LogP) is 1.74. The van der Waals surface area contributed by atoms with E-state index in [1.807, 2.05) is 0 Å². The van der Waals surface area contributed by atoms with E-state index in [9.17, 15) is 19.6 Å². The third kappa shape index (κ3) is 2.25. The normalized spacial score (nSPS) is 20.1. The van der Waals surface area contributed by atoms with Crippen LogP contribution in [0.5, 0.6) is 5.75 Å². The summed E-state index contributed by atoms with van der Waals surface area (Å²) < 4.78 is 24.8. The minimum absolute atomic E-state index is 0.0876. The average molecular weight is 283 g/mol. The highest BCUT2D eigenvalue weighted by Gasteiger charge is 2.53. The van der Waals surface area contributed by atoms with Crippen molar-refractivity contribution < 1.29 is 23.7 Å². The minimum Gasteiger partial charge on any atom is -0.502 e. The molecule has 1 fully saturated rings. The van der Waals surface area contributed by atoms with Crippen molar-refractivity contribution in [3.8, 4) is 5.75 Å². The Bertz CT molecular complexity index is 559. The van der Waals surface area contributed by atoms with Crippen LogP contribution in [0.1, 0.15) is 27.7 Å². The van der Waals surface area contributed by atoms with Crippen LogP contribution in [-0.2, 0) is 9.31 Å². The number of rotatable bonds is 2. The van der Waals surface area contributed by atoms with Crippen molar-refractivity contribution in [1.82, 2.24) is 0 Å². The van der Waals surface area contributed by atoms with Crippen molar-refractivity contribution in [3.05, 3.63) is 28.1 Å². The molecule has 20 heavy (non-hydrogen) atoms. The largest absolute Gasteiger partial charge is 0.502 e. The molecule has 0 radical (unpaired) electrons. The molecule has 0 aliphatic carbocycles. The van der Waals surface area contributed by atoms with Gasteiger partial charge in [-0.25, -0.2) is 4.39 Å². The first-order chi connectivity index (χ1) is 9.05. The quantitative estimate of drug-likeness (QED) is 0.508. The van der Waals surface area contributed by atoms with Gasteiger partial charge in [0.25, 0.3) is 0 Å². The summed E-state index contributed by atoms with van der Waals surface area (Å²) in [6, 6.07) is 1.63. The van der Waals surface area contributed by atoms with E-state index in [0.29, 0.717) is 6.07 Å². The Morgan fingerprint density at radius 2 is 1.75 bits per heavy atom. The maximum Gasteiger partial charge on any atom is 0.499 e. The van der Waals surface area contributed by atoms with Crippen LogP contribution in [-0.4, -0.2) is 28.4 Å². The lowest BCUT2D eigenvalue weighted by Gasteiger charge is -2.32. The summed E-state index contributed by atoms with van der Waals surface area (Å²) in [5, 5.41) is 20.7. The van der Waals surface area contributed by atoms with Crippen molar-refractivity contribution >= 4 is 18.3 Å². The molecule has 0 amide bonds. The molecular weight excluding hydrogens is 268 g/mol. The molecule has 0 aromatic heterocycles. The Balaban J connectivity index is 2.48. The highest BCUT2D eigenvalue weighted by Crippen LogP contribution is 2.38. The topological polar surface area (TPSA) is 81.8 Å². The average Bonchev–Trinajstić information content (AvgIpc) is 2.50. The van der Waals surface area contributed by atoms with Crippen LogP contribution in [0.2, 0.25) is 0 Å². The van der Waals surface area contributed by atoms with Gasteiger partial charge >= 0.3 is 12.8 Å². The van der Waals surface area contributed by atoms with Gasteiger partial charge in [-0.3, -0.25) is 10.1 Å². The predicted molar refractivity (Wildman–Crippen MR) is 70.4 cm³/mol. The molecule has 0 unspecified atom stereocenters. The van der Waals surface area contributed by atoms with Gasteiger partial charge in [0.2, 0.25) is 0 Å². The second kappa shape index (κ2) is 4.42. The van der Waals surface area contributed by atoms with Gasteiger partial charge in [-0.2, -0.15) is 0 Å². The van der Waals surface area contributed by atoms with Crippen LogP contribution in [0, 0.1) is 15.9 Å². The van der Waals surface area contributed by atoms with E-state index in [1.54, 1.807) is 27.7 Å². The molecule has 1 aliphatic heterocycles. The van der Waals surface area contributed by atoms with Gasteiger partial charge in [0.15, 0.2) is 5.75 Å². The molecule has 0 atom stereocenters. The summed E-state index contributed by atoms with van der Waals surface area (Å²) in [7, 11) is -1.06. The third-order valence-corrected chi connectivity index (χ3v) is 3.79. The van der Waals surface area contributed by atoms with Crippen molar-refractivity contribution in [2.24, 2.45) is 0 Å². The number of benzene rings is 1. The molecule has 108 valence electrons. The van der Waals surface area contributed by atoms with Crippen LogP contribution < -0.4 is 5.46 Å². The fourth-order valence-corrected chi connectivity index (χ4v) is 1.89. The molecule has 1 N–H and O–H groups in total. The smallest absolute Gasteiger partial charge is 0.499 e. The summed E-state index contributed by atoms with van der Waals surface area (Å²) in [4.78, 5) is 9.94. The number of hydrogen-bond acceptors (Lipinski definition) is 5. The van der Waals surface area contributed by atoms with E-state index in [0.717, 1.165) is 6.07 Å². The van der Waals surface area contributed by atoms with Gasteiger partial charge in [-0.05, 0) is 33.8 Å². The second-order valence-electron chi connectivity index (χ2n) is 5.71. The molecule has 1 saturated heterocycles. The molecule has 1 heterocycles. The first-order valence-electron chi connectivity index (χ1n) is 6.07. The van der Waals surface area contributed by atoms with Gasteiger partial charge in [-0.15, -0.1) is 0 Å². The summed E-state index contributed by atoms with van der Waals surface area (Å²) in [5.74, 6) is -1.48. The van der Waals surface area contributed by atoms with Crippen molar-refractivity contribution in [2.75, 3.05) is 0 Å². The second-order valence-corrected chi connectivity index (χ2v) is 5.71. The summed E-state index contributed by atoms with van der Waals surface area (Å²) in [6.07, 6.45) is 0. The van der Waals surface area contributed by atoms with E-state index < -0.39 is 40.5 Å². The number of phenolic OH excluding ortho intramolecular Hbond substituents is 1. The highest BCUT2D eigenvalue weighted by molar-refractivity contribution is 6.63. The van der Waals surface area contributed by atoms with Gasteiger partial charge in [-0.1, -0.05) is 0 Å². The van der Waals surface area contributed by atoms with Crippen LogP contribution in [0.3, 0.4) is 0 Å². The zero-order valence-corrected chi connectivity index (χ0v) is 11.6. The SMILES string of the molecule is CC1(C)OB(c2cc(F)cc([N+](=O)[O-])c2O)OC1(C)C. The molecule has 0 spiro atoms. The van der Waals surface area contributed by atoms with E-state index in [2.05, 4.69) is 0 Å². The van der Waals surface area contributed by atoms with E-state index in [1.165, 1.54) is 0 Å². The fraction of sp³-hybridized carbons (Fsp3) is 0.500. The molecule has 6 nitrogen and oxygen atoms in total. The lowest BCUT2D eigenvalue weighted by molar-refractivity contribution is -0.386. The first-order valence-corrected chi connectivity index (χ1v) is 6.07. The van der Waals surface area contributed by atoms with Gasteiger partial charge in [0.1, 0.15) is 5.82 Å². The van der Waals surface area contributed by atoms with E-state index in [4.69, 9.17) is 9.31 Å². The summed E-state index contributed by atoms with van der Waals surface area (Å²) in [6.45, 7) is 7.16. The van der Waals surface area contributed by atoms with E-state index >= 15 is 0 Å². The molecular formula is C12H15BFNO5. The number of halogens is 1. The number of nitro benzene ring substituents is 1.